The molecule has 0 radical (unpaired) electrons. The van der Waals surface area contributed by atoms with Crippen LogP contribution in [-0.2, 0) is 26.2 Å². The normalized spacial score (nSPS) is 13.1. The maximum atomic E-state index is 13.7. The Bertz CT molecular complexity index is 1160. The highest BCUT2D eigenvalue weighted by Crippen LogP contribution is 2.26. The van der Waals surface area contributed by atoms with E-state index >= 15 is 0 Å². The number of anilines is 1. The first kappa shape index (κ1) is 28.9. The third-order valence-corrected chi connectivity index (χ3v) is 7.52. The number of nitrogens with one attached hydrogen (secondary N) is 1. The Morgan fingerprint density at radius 3 is 2.26 bits per heavy atom. The van der Waals surface area contributed by atoms with E-state index in [2.05, 4.69) is 5.32 Å². The van der Waals surface area contributed by atoms with Crippen molar-refractivity contribution in [2.75, 3.05) is 17.1 Å². The molecular weight excluding hydrogens is 509 g/mol. The Balaban J connectivity index is 2.49. The zero-order valence-electron chi connectivity index (χ0n) is 20.7. The van der Waals surface area contributed by atoms with Gasteiger partial charge in [0.05, 0.1) is 11.9 Å². The average molecular weight is 543 g/mol. The van der Waals surface area contributed by atoms with Crippen LogP contribution in [-0.4, -0.2) is 50.0 Å². The van der Waals surface area contributed by atoms with Gasteiger partial charge < -0.3 is 10.2 Å². The molecule has 10 heteroatoms. The highest BCUT2D eigenvalue weighted by Gasteiger charge is 2.32. The van der Waals surface area contributed by atoms with Crippen molar-refractivity contribution in [1.29, 1.82) is 0 Å². The molecule has 0 aromatic heterocycles. The Labute approximate surface area is 218 Å². The van der Waals surface area contributed by atoms with Crippen LogP contribution >= 0.6 is 23.2 Å². The molecule has 0 saturated heterocycles. The molecule has 0 bridgehead atoms. The predicted octanol–water partition coefficient (Wildman–Crippen LogP) is 4.79. The number of sulfonamides is 1. The molecule has 0 spiro atoms. The molecule has 2 aromatic rings. The number of amides is 2. The second kappa shape index (κ2) is 12.6. The van der Waals surface area contributed by atoms with E-state index in [0.29, 0.717) is 33.3 Å². The summed E-state index contributed by atoms with van der Waals surface area (Å²) in [7, 11) is -3.79. The number of carbonyl (C=O) groups excluding carboxylic acids is 2. The maximum absolute atomic E-state index is 13.7. The molecule has 0 aliphatic heterocycles. The number of hydrogen-bond donors (Lipinski definition) is 1. The maximum Gasteiger partial charge on any atom is 0.244 e. The van der Waals surface area contributed by atoms with Crippen LogP contribution in [0.15, 0.2) is 42.5 Å². The number of aryl methyl sites for hydroxylation is 1. The molecule has 0 saturated carbocycles. The molecule has 1 N–H and O–H groups in total. The SMILES string of the molecule is CC[C@@H](C)NC(=O)[C@@H](CC)N(Cc1ccc(Cl)cc1Cl)C(=O)CN(c1ccccc1C)S(C)(=O)=O. The second-order valence-electron chi connectivity index (χ2n) is 8.56. The summed E-state index contributed by atoms with van der Waals surface area (Å²) < 4.78 is 26.4. The van der Waals surface area contributed by atoms with Gasteiger partial charge in [-0.25, -0.2) is 8.42 Å². The fourth-order valence-electron chi connectivity index (χ4n) is 3.63. The van der Waals surface area contributed by atoms with Gasteiger partial charge in [0.1, 0.15) is 12.6 Å². The Hall–Kier alpha value is -2.29. The fourth-order valence-corrected chi connectivity index (χ4v) is 5.01. The number of para-hydroxylation sites is 1. The van der Waals surface area contributed by atoms with Crippen molar-refractivity contribution in [2.45, 2.75) is 59.2 Å². The average Bonchev–Trinajstić information content (AvgIpc) is 2.78. The zero-order valence-corrected chi connectivity index (χ0v) is 23.0. The van der Waals surface area contributed by atoms with E-state index in [4.69, 9.17) is 23.2 Å². The van der Waals surface area contributed by atoms with E-state index in [9.17, 15) is 18.0 Å². The van der Waals surface area contributed by atoms with Crippen molar-refractivity contribution in [3.05, 3.63) is 63.6 Å². The third-order valence-electron chi connectivity index (χ3n) is 5.81. The summed E-state index contributed by atoms with van der Waals surface area (Å²) in [5, 5.41) is 3.73. The van der Waals surface area contributed by atoms with Gasteiger partial charge in [-0.1, -0.05) is 61.3 Å². The lowest BCUT2D eigenvalue weighted by molar-refractivity contribution is -0.140. The molecule has 0 heterocycles. The van der Waals surface area contributed by atoms with Gasteiger partial charge in [-0.05, 0) is 56.0 Å². The van der Waals surface area contributed by atoms with E-state index in [1.54, 1.807) is 56.3 Å². The lowest BCUT2D eigenvalue weighted by Crippen LogP contribution is -2.53. The van der Waals surface area contributed by atoms with Crippen LogP contribution in [0.2, 0.25) is 10.0 Å². The lowest BCUT2D eigenvalue weighted by Gasteiger charge is -2.33. The van der Waals surface area contributed by atoms with Gasteiger partial charge in [-0.3, -0.25) is 13.9 Å². The number of rotatable bonds is 11. The molecule has 2 aromatic carbocycles. The van der Waals surface area contributed by atoms with E-state index in [1.165, 1.54) is 4.90 Å². The van der Waals surface area contributed by atoms with Gasteiger partial charge in [0.2, 0.25) is 21.8 Å². The number of carbonyl (C=O) groups is 2. The van der Waals surface area contributed by atoms with Gasteiger partial charge in [-0.2, -0.15) is 0 Å². The summed E-state index contributed by atoms with van der Waals surface area (Å²) >= 11 is 12.4. The summed E-state index contributed by atoms with van der Waals surface area (Å²) in [5.41, 5.74) is 1.71. The number of hydrogen-bond acceptors (Lipinski definition) is 4. The molecule has 35 heavy (non-hydrogen) atoms. The van der Waals surface area contributed by atoms with Gasteiger partial charge in [0, 0.05) is 22.6 Å². The molecule has 192 valence electrons. The van der Waals surface area contributed by atoms with Crippen LogP contribution in [0.25, 0.3) is 0 Å². The first-order valence-corrected chi connectivity index (χ1v) is 14.1. The van der Waals surface area contributed by atoms with E-state index < -0.39 is 28.5 Å². The number of benzene rings is 2. The van der Waals surface area contributed by atoms with Crippen molar-refractivity contribution in [3.8, 4) is 0 Å². The van der Waals surface area contributed by atoms with Crippen LogP contribution in [0.4, 0.5) is 5.69 Å². The van der Waals surface area contributed by atoms with Crippen LogP contribution in [0, 0.1) is 6.92 Å². The van der Waals surface area contributed by atoms with Crippen LogP contribution in [0.3, 0.4) is 0 Å². The smallest absolute Gasteiger partial charge is 0.244 e. The topological polar surface area (TPSA) is 86.8 Å². The molecule has 0 aliphatic carbocycles. The van der Waals surface area contributed by atoms with Gasteiger partial charge in [0.25, 0.3) is 0 Å². The van der Waals surface area contributed by atoms with Crippen molar-refractivity contribution >= 4 is 50.7 Å². The minimum Gasteiger partial charge on any atom is -0.352 e. The lowest BCUT2D eigenvalue weighted by atomic mass is 10.1. The summed E-state index contributed by atoms with van der Waals surface area (Å²) in [6, 6.07) is 11.0. The van der Waals surface area contributed by atoms with Crippen molar-refractivity contribution in [2.24, 2.45) is 0 Å². The van der Waals surface area contributed by atoms with Gasteiger partial charge in [-0.15, -0.1) is 0 Å². The molecule has 0 fully saturated rings. The number of nitrogens with zero attached hydrogens (tertiary/aromatic N) is 2. The first-order chi connectivity index (χ1) is 16.4. The minimum atomic E-state index is -3.79. The van der Waals surface area contributed by atoms with Crippen molar-refractivity contribution in [1.82, 2.24) is 10.2 Å². The molecule has 0 aliphatic rings. The summed E-state index contributed by atoms with van der Waals surface area (Å²) in [6.45, 7) is 6.98. The highest BCUT2D eigenvalue weighted by atomic mass is 35.5. The summed E-state index contributed by atoms with van der Waals surface area (Å²) in [4.78, 5) is 28.2. The zero-order chi connectivity index (χ0) is 26.3. The van der Waals surface area contributed by atoms with E-state index in [0.717, 1.165) is 17.0 Å². The Morgan fingerprint density at radius 1 is 1.06 bits per heavy atom. The quantitative estimate of drug-likeness (QED) is 0.443. The molecule has 2 amide bonds. The van der Waals surface area contributed by atoms with Gasteiger partial charge >= 0.3 is 0 Å². The monoisotopic (exact) mass is 541 g/mol. The molecular formula is C25H33Cl2N3O4S. The molecule has 7 nitrogen and oxygen atoms in total. The standard InChI is InChI=1S/C25H33Cl2N3O4S/c1-6-18(4)28-25(32)22(7-2)29(15-19-12-13-20(26)14-21(19)27)24(31)16-30(35(5,33)34)23-11-9-8-10-17(23)3/h8-14,18,22H,6-7,15-16H2,1-5H3,(H,28,32)/t18-,22-/m1/s1. The van der Waals surface area contributed by atoms with Crippen LogP contribution in [0.5, 0.6) is 0 Å². The largest absolute Gasteiger partial charge is 0.352 e. The predicted molar refractivity (Wildman–Crippen MR) is 142 cm³/mol. The van der Waals surface area contributed by atoms with Crippen molar-refractivity contribution in [3.63, 3.8) is 0 Å². The van der Waals surface area contributed by atoms with Crippen molar-refractivity contribution < 1.29 is 18.0 Å². The fraction of sp³-hybridized carbons (Fsp3) is 0.440. The Morgan fingerprint density at radius 2 is 1.71 bits per heavy atom. The van der Waals surface area contributed by atoms with Crippen LogP contribution < -0.4 is 9.62 Å². The minimum absolute atomic E-state index is 0.0205. The van der Waals surface area contributed by atoms with E-state index in [1.807, 2.05) is 13.8 Å². The molecule has 2 atom stereocenters. The highest BCUT2D eigenvalue weighted by molar-refractivity contribution is 7.92. The summed E-state index contributed by atoms with van der Waals surface area (Å²) in [5.74, 6) is -0.821. The molecule has 0 unspecified atom stereocenters. The third kappa shape index (κ3) is 7.85. The van der Waals surface area contributed by atoms with Gasteiger partial charge in [0.15, 0.2) is 0 Å². The molecule has 2 rings (SSSR count). The second-order valence-corrected chi connectivity index (χ2v) is 11.3. The number of halogens is 2. The van der Waals surface area contributed by atoms with Crippen LogP contribution in [0.1, 0.15) is 44.7 Å². The summed E-state index contributed by atoms with van der Waals surface area (Å²) in [6.07, 6.45) is 2.12. The Kier molecular flexibility index (Phi) is 10.4. The first-order valence-electron chi connectivity index (χ1n) is 11.5. The van der Waals surface area contributed by atoms with E-state index in [-0.39, 0.29) is 18.5 Å².